The van der Waals surface area contributed by atoms with Crippen LogP contribution < -0.4 is 15.4 Å². The Morgan fingerprint density at radius 1 is 1.16 bits per heavy atom. The summed E-state index contributed by atoms with van der Waals surface area (Å²) in [5, 5.41) is 5.45. The first-order valence-corrected chi connectivity index (χ1v) is 9.85. The van der Waals surface area contributed by atoms with Crippen LogP contribution in [0, 0.1) is 0 Å². The number of carbonyl (C=O) groups is 1. The summed E-state index contributed by atoms with van der Waals surface area (Å²) in [4.78, 5) is 12.1. The van der Waals surface area contributed by atoms with E-state index in [4.69, 9.17) is 4.74 Å². The number of amides is 2. The highest BCUT2D eigenvalue weighted by Crippen LogP contribution is 2.31. The first-order chi connectivity index (χ1) is 11.6. The largest absolute Gasteiger partial charge is 0.495 e. The molecule has 7 nitrogen and oxygen atoms in total. The second-order valence-corrected chi connectivity index (χ2v) is 9.07. The van der Waals surface area contributed by atoms with E-state index in [0.717, 1.165) is 19.3 Å². The lowest BCUT2D eigenvalue weighted by Gasteiger charge is -2.27. The molecule has 1 heterocycles. The lowest BCUT2D eigenvalue weighted by Crippen LogP contribution is -2.43. The molecule has 1 fully saturated rings. The Bertz CT molecular complexity index is 720. The lowest BCUT2D eigenvalue weighted by molar-refractivity contribution is 0.244. The third-order valence-electron chi connectivity index (χ3n) is 3.84. The van der Waals surface area contributed by atoms with Gasteiger partial charge < -0.3 is 15.4 Å². The Labute approximate surface area is 149 Å². The number of hydrogen-bond donors (Lipinski definition) is 2. The van der Waals surface area contributed by atoms with Gasteiger partial charge in [-0.05, 0) is 51.8 Å². The monoisotopic (exact) mass is 369 g/mol. The second-order valence-electron chi connectivity index (χ2n) is 7.16. The summed E-state index contributed by atoms with van der Waals surface area (Å²) in [5.74, 6) is 0.271. The minimum atomic E-state index is -3.66. The molecule has 2 N–H and O–H groups in total. The minimum absolute atomic E-state index is 0.0745. The fourth-order valence-electron chi connectivity index (χ4n) is 2.70. The molecule has 0 radical (unpaired) electrons. The first-order valence-electron chi connectivity index (χ1n) is 8.41. The maximum absolute atomic E-state index is 13.0. The summed E-state index contributed by atoms with van der Waals surface area (Å²) in [7, 11) is -2.23. The van der Waals surface area contributed by atoms with Gasteiger partial charge >= 0.3 is 6.03 Å². The molecule has 2 amide bonds. The van der Waals surface area contributed by atoms with E-state index in [0.29, 0.717) is 18.8 Å². The highest BCUT2D eigenvalue weighted by atomic mass is 32.2. The zero-order valence-corrected chi connectivity index (χ0v) is 16.1. The van der Waals surface area contributed by atoms with E-state index in [1.807, 2.05) is 20.8 Å². The van der Waals surface area contributed by atoms with Crippen LogP contribution in [0.2, 0.25) is 0 Å². The van der Waals surface area contributed by atoms with Crippen molar-refractivity contribution in [2.75, 3.05) is 25.5 Å². The topological polar surface area (TPSA) is 87.7 Å². The van der Waals surface area contributed by atoms with Gasteiger partial charge in [-0.2, -0.15) is 4.31 Å². The van der Waals surface area contributed by atoms with Crippen LogP contribution in [0.25, 0.3) is 0 Å². The normalized spacial score (nSPS) is 16.3. The van der Waals surface area contributed by atoms with Crippen LogP contribution in [0.5, 0.6) is 5.75 Å². The van der Waals surface area contributed by atoms with E-state index in [2.05, 4.69) is 10.6 Å². The predicted octanol–water partition coefficient (Wildman–Crippen LogP) is 2.79. The Kier molecular flexibility index (Phi) is 5.95. The van der Waals surface area contributed by atoms with Gasteiger partial charge in [-0.15, -0.1) is 0 Å². The molecule has 0 saturated carbocycles. The van der Waals surface area contributed by atoms with Crippen LogP contribution in [0.4, 0.5) is 10.5 Å². The number of carbonyl (C=O) groups excluding carboxylic acids is 1. The van der Waals surface area contributed by atoms with E-state index < -0.39 is 10.0 Å². The molecule has 1 saturated heterocycles. The van der Waals surface area contributed by atoms with E-state index in [-0.39, 0.29) is 22.2 Å². The van der Waals surface area contributed by atoms with Gasteiger partial charge in [0, 0.05) is 24.3 Å². The number of hydrogen-bond acceptors (Lipinski definition) is 4. The third kappa shape index (κ3) is 5.09. The highest BCUT2D eigenvalue weighted by molar-refractivity contribution is 7.89. The average Bonchev–Trinajstić information content (AvgIpc) is 2.53. The Morgan fingerprint density at radius 3 is 2.36 bits per heavy atom. The second kappa shape index (κ2) is 7.61. The minimum Gasteiger partial charge on any atom is -0.495 e. The number of ether oxygens (including phenoxy) is 1. The number of benzene rings is 1. The molecule has 1 aromatic rings. The van der Waals surface area contributed by atoms with E-state index in [1.165, 1.54) is 17.5 Å². The lowest BCUT2D eigenvalue weighted by atomic mass is 10.1. The number of methoxy groups -OCH3 is 1. The Hall–Kier alpha value is -1.80. The molecule has 140 valence electrons. The van der Waals surface area contributed by atoms with Crippen molar-refractivity contribution in [1.29, 1.82) is 0 Å². The van der Waals surface area contributed by atoms with Gasteiger partial charge in [0.25, 0.3) is 0 Å². The fourth-order valence-corrected chi connectivity index (χ4v) is 4.40. The Balaban J connectivity index is 2.29. The summed E-state index contributed by atoms with van der Waals surface area (Å²) in [5.41, 5.74) is 0.0114. The molecule has 1 aliphatic rings. The van der Waals surface area contributed by atoms with Gasteiger partial charge in [-0.3, -0.25) is 0 Å². The average molecular weight is 369 g/mol. The van der Waals surface area contributed by atoms with Gasteiger partial charge in [0.1, 0.15) is 10.6 Å². The van der Waals surface area contributed by atoms with Crippen molar-refractivity contribution in [3.8, 4) is 5.75 Å². The molecule has 0 aromatic heterocycles. The number of nitrogens with one attached hydrogen (secondary N) is 2. The molecule has 0 unspecified atom stereocenters. The number of nitrogens with zero attached hydrogens (tertiary/aromatic N) is 1. The van der Waals surface area contributed by atoms with Crippen molar-refractivity contribution in [2.24, 2.45) is 0 Å². The summed E-state index contributed by atoms with van der Waals surface area (Å²) in [6, 6.07) is 4.24. The van der Waals surface area contributed by atoms with Crippen molar-refractivity contribution >= 4 is 21.7 Å². The quantitative estimate of drug-likeness (QED) is 0.854. The molecule has 25 heavy (non-hydrogen) atoms. The molecule has 1 aromatic carbocycles. The van der Waals surface area contributed by atoms with Crippen molar-refractivity contribution < 1.29 is 17.9 Å². The molecule has 0 atom stereocenters. The number of sulfonamides is 1. The number of rotatable bonds is 4. The SMILES string of the molecule is COc1ccc(NC(=O)NC(C)(C)C)cc1S(=O)(=O)N1CCCCC1. The molecule has 0 bridgehead atoms. The third-order valence-corrected chi connectivity index (χ3v) is 5.76. The number of urea groups is 1. The van der Waals surface area contributed by atoms with Crippen molar-refractivity contribution in [1.82, 2.24) is 9.62 Å². The van der Waals surface area contributed by atoms with Crippen LogP contribution in [0.1, 0.15) is 40.0 Å². The molecule has 8 heteroatoms. The Morgan fingerprint density at radius 2 is 1.80 bits per heavy atom. The van der Waals surface area contributed by atoms with E-state index >= 15 is 0 Å². The maximum atomic E-state index is 13.0. The molecule has 0 spiro atoms. The summed E-state index contributed by atoms with van der Waals surface area (Å²) >= 11 is 0. The van der Waals surface area contributed by atoms with Crippen LogP contribution in [-0.2, 0) is 10.0 Å². The highest BCUT2D eigenvalue weighted by Gasteiger charge is 2.29. The van der Waals surface area contributed by atoms with Gasteiger partial charge in [0.05, 0.1) is 7.11 Å². The fraction of sp³-hybridized carbons (Fsp3) is 0.588. The van der Waals surface area contributed by atoms with Gasteiger partial charge in [0.15, 0.2) is 0 Å². The van der Waals surface area contributed by atoms with Gasteiger partial charge in [0.2, 0.25) is 10.0 Å². The maximum Gasteiger partial charge on any atom is 0.319 e. The summed E-state index contributed by atoms with van der Waals surface area (Å²) in [6.07, 6.45) is 2.75. The molecule has 2 rings (SSSR count). The zero-order chi connectivity index (χ0) is 18.7. The van der Waals surface area contributed by atoms with E-state index in [9.17, 15) is 13.2 Å². The van der Waals surface area contributed by atoms with Crippen molar-refractivity contribution in [3.63, 3.8) is 0 Å². The van der Waals surface area contributed by atoms with E-state index in [1.54, 1.807) is 12.1 Å². The smallest absolute Gasteiger partial charge is 0.319 e. The number of anilines is 1. The first kappa shape index (κ1) is 19.5. The van der Waals surface area contributed by atoms with Crippen LogP contribution in [0.3, 0.4) is 0 Å². The standard InChI is InChI=1S/C17H27N3O4S/c1-17(2,3)19-16(21)18-13-8-9-14(24-4)15(12-13)25(22,23)20-10-6-5-7-11-20/h8-9,12H,5-7,10-11H2,1-4H3,(H2,18,19,21). The molecule has 1 aliphatic heterocycles. The van der Waals surface area contributed by atoms with Crippen molar-refractivity contribution in [3.05, 3.63) is 18.2 Å². The van der Waals surface area contributed by atoms with Crippen LogP contribution in [-0.4, -0.2) is 44.5 Å². The zero-order valence-electron chi connectivity index (χ0n) is 15.3. The van der Waals surface area contributed by atoms with Crippen molar-refractivity contribution in [2.45, 2.75) is 50.5 Å². The van der Waals surface area contributed by atoms with Crippen LogP contribution >= 0.6 is 0 Å². The van der Waals surface area contributed by atoms with Gasteiger partial charge in [-0.25, -0.2) is 13.2 Å². The van der Waals surface area contributed by atoms with Crippen LogP contribution in [0.15, 0.2) is 23.1 Å². The summed E-state index contributed by atoms with van der Waals surface area (Å²) < 4.78 is 32.6. The predicted molar refractivity (Wildman–Crippen MR) is 97.5 cm³/mol. The molecular formula is C17H27N3O4S. The van der Waals surface area contributed by atoms with Gasteiger partial charge in [-0.1, -0.05) is 6.42 Å². The molecule has 0 aliphatic carbocycles. The molecular weight excluding hydrogens is 342 g/mol. The number of piperidine rings is 1. The summed E-state index contributed by atoms with van der Waals surface area (Å²) in [6.45, 7) is 6.62.